The Hall–Kier alpha value is -1.94. The molecule has 1 aromatic carbocycles. The maximum Gasteiger partial charge on any atom is 0.305 e. The van der Waals surface area contributed by atoms with E-state index in [2.05, 4.69) is 41.2 Å². The van der Waals surface area contributed by atoms with Crippen LogP contribution in [-0.4, -0.2) is 32.1 Å². The highest BCUT2D eigenvalue weighted by atomic mass is 16.5. The number of benzene rings is 1. The highest BCUT2D eigenvalue weighted by Crippen LogP contribution is 2.55. The van der Waals surface area contributed by atoms with E-state index in [1.807, 2.05) is 6.07 Å². The Morgan fingerprint density at radius 3 is 2.84 bits per heavy atom. The lowest BCUT2D eigenvalue weighted by Crippen LogP contribution is -2.40. The van der Waals surface area contributed by atoms with Crippen molar-refractivity contribution in [3.63, 3.8) is 0 Å². The monoisotopic (exact) mass is 342 g/mol. The maximum absolute atomic E-state index is 11.7. The van der Waals surface area contributed by atoms with E-state index in [4.69, 9.17) is 4.74 Å². The number of allylic oxidation sites excluding steroid dienone is 2. The van der Waals surface area contributed by atoms with E-state index < -0.39 is 0 Å². The quantitative estimate of drug-likeness (QED) is 0.314. The van der Waals surface area contributed by atoms with Gasteiger partial charge in [0.05, 0.1) is 19.8 Å². The number of unbranched alkanes of at least 4 members (excludes halogenated alkanes) is 1. The summed E-state index contributed by atoms with van der Waals surface area (Å²) in [5, 5.41) is 0. The minimum absolute atomic E-state index is 0.0336. The molecular formula is C21H26O4. The summed E-state index contributed by atoms with van der Waals surface area (Å²) in [6.45, 7) is 0.701. The molecule has 0 N–H and O–H groups in total. The van der Waals surface area contributed by atoms with E-state index in [-0.39, 0.29) is 29.3 Å². The van der Waals surface area contributed by atoms with Gasteiger partial charge in [0.15, 0.2) is 0 Å². The smallest absolute Gasteiger partial charge is 0.305 e. The van der Waals surface area contributed by atoms with Crippen molar-refractivity contribution in [1.82, 2.24) is 0 Å². The van der Waals surface area contributed by atoms with Crippen LogP contribution in [0.15, 0.2) is 42.5 Å². The van der Waals surface area contributed by atoms with Gasteiger partial charge in [-0.15, -0.1) is 0 Å². The van der Waals surface area contributed by atoms with Crippen LogP contribution in [0.4, 0.5) is 0 Å². The normalized spacial score (nSPS) is 30.7. The molecule has 0 amide bonds. The van der Waals surface area contributed by atoms with E-state index in [1.54, 1.807) is 0 Å². The summed E-state index contributed by atoms with van der Waals surface area (Å²) in [7, 11) is 1.41. The van der Waals surface area contributed by atoms with E-state index >= 15 is 0 Å². The lowest BCUT2D eigenvalue weighted by Gasteiger charge is -2.37. The van der Waals surface area contributed by atoms with Gasteiger partial charge in [-0.25, -0.2) is 0 Å². The van der Waals surface area contributed by atoms with E-state index in [0.29, 0.717) is 13.0 Å². The van der Waals surface area contributed by atoms with Crippen LogP contribution < -0.4 is 0 Å². The van der Waals surface area contributed by atoms with Gasteiger partial charge in [-0.2, -0.15) is 0 Å². The summed E-state index contributed by atoms with van der Waals surface area (Å²) in [5.74, 6) is 0.0828. The van der Waals surface area contributed by atoms with Crippen molar-refractivity contribution in [2.45, 2.75) is 43.6 Å². The molecule has 25 heavy (non-hydrogen) atoms. The molecule has 0 unspecified atom stereocenters. The van der Waals surface area contributed by atoms with Crippen LogP contribution in [0.5, 0.6) is 0 Å². The summed E-state index contributed by atoms with van der Waals surface area (Å²) in [6.07, 6.45) is 9.33. The largest absolute Gasteiger partial charge is 0.469 e. The number of aldehydes is 1. The highest BCUT2D eigenvalue weighted by Gasteiger charge is 2.59. The molecule has 0 aromatic heterocycles. The van der Waals surface area contributed by atoms with E-state index in [9.17, 15) is 9.59 Å². The Morgan fingerprint density at radius 1 is 1.32 bits per heavy atom. The van der Waals surface area contributed by atoms with Gasteiger partial charge in [0.2, 0.25) is 0 Å². The zero-order chi connectivity index (χ0) is 17.7. The molecule has 134 valence electrons. The minimum Gasteiger partial charge on any atom is -0.469 e. The van der Waals surface area contributed by atoms with Gasteiger partial charge in [-0.3, -0.25) is 4.79 Å². The van der Waals surface area contributed by atoms with Gasteiger partial charge in [0.25, 0.3) is 0 Å². The molecule has 4 atom stereocenters. The predicted octanol–water partition coefficient (Wildman–Crippen LogP) is 3.45. The molecule has 0 radical (unpaired) electrons. The molecule has 1 aliphatic heterocycles. The number of carbonyl (C=O) groups is 2. The van der Waals surface area contributed by atoms with Crippen molar-refractivity contribution >= 4 is 12.3 Å². The molecule has 4 nitrogen and oxygen atoms in total. The van der Waals surface area contributed by atoms with Gasteiger partial charge in [0, 0.05) is 17.8 Å². The second-order valence-corrected chi connectivity index (χ2v) is 7.07. The number of hydrogen-bond acceptors (Lipinski definition) is 4. The maximum atomic E-state index is 11.7. The first-order valence-electron chi connectivity index (χ1n) is 9.05. The third-order valence-electron chi connectivity index (χ3n) is 5.77. The Morgan fingerprint density at radius 2 is 2.12 bits per heavy atom. The van der Waals surface area contributed by atoms with Gasteiger partial charge in [0.1, 0.15) is 6.29 Å². The second kappa shape index (κ2) is 7.96. The Labute approximate surface area is 149 Å². The lowest BCUT2D eigenvalue weighted by molar-refractivity contribution is -0.140. The summed E-state index contributed by atoms with van der Waals surface area (Å²) in [5.41, 5.74) is 1.24. The molecule has 2 fully saturated rings. The first kappa shape index (κ1) is 17.9. The first-order valence-corrected chi connectivity index (χ1v) is 9.05. The van der Waals surface area contributed by atoms with Crippen LogP contribution in [-0.2, 0) is 24.5 Å². The van der Waals surface area contributed by atoms with Crippen LogP contribution in [0.2, 0.25) is 0 Å². The third kappa shape index (κ3) is 3.54. The standard InChI is InChI=1S/C21H26O4/c1-24-20(23)12-8-3-2-7-11-18-17(14-22)19-13-21(18,15-25-19)16-9-5-4-6-10-16/h2,4-7,9-10,14,17-19H,3,8,11-13,15H2,1H3/b7-2-/t17-,18+,19+,21+/m0/s1. The van der Waals surface area contributed by atoms with Crippen molar-refractivity contribution in [1.29, 1.82) is 0 Å². The fourth-order valence-corrected chi connectivity index (χ4v) is 4.44. The molecule has 1 saturated heterocycles. The van der Waals surface area contributed by atoms with Crippen molar-refractivity contribution < 1.29 is 19.1 Å². The molecule has 0 spiro atoms. The molecule has 2 aliphatic rings. The summed E-state index contributed by atoms with van der Waals surface area (Å²) in [4.78, 5) is 22.8. The summed E-state index contributed by atoms with van der Waals surface area (Å²) >= 11 is 0. The summed E-state index contributed by atoms with van der Waals surface area (Å²) < 4.78 is 10.6. The predicted molar refractivity (Wildman–Crippen MR) is 95.1 cm³/mol. The lowest BCUT2D eigenvalue weighted by atomic mass is 9.69. The number of rotatable bonds is 8. The van der Waals surface area contributed by atoms with Crippen molar-refractivity contribution in [2.75, 3.05) is 13.7 Å². The van der Waals surface area contributed by atoms with Gasteiger partial charge in [-0.1, -0.05) is 42.5 Å². The molecule has 3 rings (SSSR count). The van der Waals surface area contributed by atoms with Gasteiger partial charge >= 0.3 is 5.97 Å². The fraction of sp³-hybridized carbons (Fsp3) is 0.524. The van der Waals surface area contributed by atoms with Crippen LogP contribution in [0, 0.1) is 11.8 Å². The average Bonchev–Trinajstić information content (AvgIpc) is 3.22. The Balaban J connectivity index is 1.65. The van der Waals surface area contributed by atoms with Crippen LogP contribution in [0.1, 0.15) is 37.7 Å². The number of ether oxygens (including phenoxy) is 2. The molecule has 4 heteroatoms. The number of methoxy groups -OCH3 is 1. The Kier molecular flexibility index (Phi) is 5.69. The van der Waals surface area contributed by atoms with E-state index in [1.165, 1.54) is 12.7 Å². The van der Waals surface area contributed by atoms with Gasteiger partial charge < -0.3 is 14.3 Å². The Bertz CT molecular complexity index is 624. The fourth-order valence-electron chi connectivity index (χ4n) is 4.44. The highest BCUT2D eigenvalue weighted by molar-refractivity contribution is 5.69. The summed E-state index contributed by atoms with van der Waals surface area (Å²) in [6, 6.07) is 10.5. The van der Waals surface area contributed by atoms with Crippen molar-refractivity contribution in [3.8, 4) is 0 Å². The van der Waals surface area contributed by atoms with Crippen LogP contribution in [0.25, 0.3) is 0 Å². The number of carbonyl (C=O) groups excluding carboxylic acids is 2. The average molecular weight is 342 g/mol. The minimum atomic E-state index is -0.164. The first-order chi connectivity index (χ1) is 12.2. The number of fused-ring (bicyclic) bond motifs is 2. The van der Waals surface area contributed by atoms with E-state index in [0.717, 1.165) is 32.0 Å². The van der Waals surface area contributed by atoms with Crippen molar-refractivity contribution in [3.05, 3.63) is 48.0 Å². The molecule has 1 heterocycles. The van der Waals surface area contributed by atoms with Crippen molar-refractivity contribution in [2.24, 2.45) is 11.8 Å². The molecular weight excluding hydrogens is 316 g/mol. The number of esters is 1. The topological polar surface area (TPSA) is 52.6 Å². The van der Waals surface area contributed by atoms with Gasteiger partial charge in [-0.05, 0) is 37.2 Å². The molecule has 1 aromatic rings. The van der Waals surface area contributed by atoms with Crippen LogP contribution in [0.3, 0.4) is 0 Å². The third-order valence-corrected chi connectivity index (χ3v) is 5.77. The molecule has 2 bridgehead atoms. The zero-order valence-electron chi connectivity index (χ0n) is 14.7. The SMILES string of the molecule is COC(=O)CCC/C=C\C[C@@H]1[C@H](C=O)[C@H]2C[C@]1(c1ccccc1)CO2. The number of hydrogen-bond donors (Lipinski definition) is 0. The van der Waals surface area contributed by atoms with Crippen LogP contribution >= 0.6 is 0 Å². The molecule has 1 saturated carbocycles. The molecule has 1 aliphatic carbocycles. The zero-order valence-corrected chi connectivity index (χ0v) is 14.7. The second-order valence-electron chi connectivity index (χ2n) is 7.07.